The highest BCUT2D eigenvalue weighted by Gasteiger charge is 2.29. The van der Waals surface area contributed by atoms with E-state index in [4.69, 9.17) is 11.6 Å². The summed E-state index contributed by atoms with van der Waals surface area (Å²) in [7, 11) is 3.44. The molecule has 22 heavy (non-hydrogen) atoms. The number of aryl methyl sites for hydroxylation is 1. The van der Waals surface area contributed by atoms with E-state index in [0.29, 0.717) is 10.7 Å². The van der Waals surface area contributed by atoms with Gasteiger partial charge < -0.3 is 19.7 Å². The monoisotopic (exact) mass is 324 g/mol. The number of hydrogen-bond acceptors (Lipinski definition) is 3. The lowest BCUT2D eigenvalue weighted by Gasteiger charge is -2.30. The number of hydrogen-bond donors (Lipinski definition) is 2. The first kappa shape index (κ1) is 16.8. The lowest BCUT2D eigenvalue weighted by molar-refractivity contribution is 0.0362. The van der Waals surface area contributed by atoms with Crippen LogP contribution in [0.25, 0.3) is 10.9 Å². The standard InChI is InChI=1S/C16H21ClN2O3/c1-16(9-20,10-21)8-18(2)15(22)14-13(17)11-6-4-5-7-12(11)19(14)3/h4-7,20-21H,8-10H2,1-3H3. The van der Waals surface area contributed by atoms with Gasteiger partial charge in [-0.2, -0.15) is 0 Å². The normalized spacial score (nSPS) is 11.9. The number of benzene rings is 1. The van der Waals surface area contributed by atoms with Crippen LogP contribution in [0, 0.1) is 5.41 Å². The van der Waals surface area contributed by atoms with Gasteiger partial charge in [-0.1, -0.05) is 36.7 Å². The Morgan fingerprint density at radius 1 is 1.32 bits per heavy atom. The number of para-hydroxylation sites is 1. The predicted octanol–water partition coefficient (Wildman–Crippen LogP) is 1.89. The molecule has 5 nitrogen and oxygen atoms in total. The quantitative estimate of drug-likeness (QED) is 0.882. The molecule has 0 fully saturated rings. The summed E-state index contributed by atoms with van der Waals surface area (Å²) >= 11 is 6.37. The van der Waals surface area contributed by atoms with Gasteiger partial charge in [0, 0.05) is 37.0 Å². The second kappa shape index (κ2) is 6.28. The van der Waals surface area contributed by atoms with Crippen LogP contribution in [0.1, 0.15) is 17.4 Å². The number of carbonyl (C=O) groups excluding carboxylic acids is 1. The van der Waals surface area contributed by atoms with Crippen LogP contribution in [0.15, 0.2) is 24.3 Å². The molecule has 1 heterocycles. The summed E-state index contributed by atoms with van der Waals surface area (Å²) < 4.78 is 1.77. The Hall–Kier alpha value is -1.56. The molecular weight excluding hydrogens is 304 g/mol. The third-order valence-corrected chi connectivity index (χ3v) is 4.36. The molecule has 6 heteroatoms. The number of fused-ring (bicyclic) bond motifs is 1. The van der Waals surface area contributed by atoms with Crippen molar-refractivity contribution >= 4 is 28.4 Å². The SMILES string of the molecule is CN(CC(C)(CO)CO)C(=O)c1c(Cl)c2ccccc2n1C. The molecule has 0 spiro atoms. The minimum absolute atomic E-state index is 0.204. The Balaban J connectivity index is 2.38. The van der Waals surface area contributed by atoms with Crippen LogP contribution in [0.4, 0.5) is 0 Å². The maximum Gasteiger partial charge on any atom is 0.271 e. The van der Waals surface area contributed by atoms with E-state index in [-0.39, 0.29) is 25.7 Å². The minimum Gasteiger partial charge on any atom is -0.396 e. The van der Waals surface area contributed by atoms with E-state index in [2.05, 4.69) is 0 Å². The Morgan fingerprint density at radius 2 is 1.91 bits per heavy atom. The molecule has 0 aliphatic rings. The fourth-order valence-electron chi connectivity index (χ4n) is 2.56. The molecule has 120 valence electrons. The smallest absolute Gasteiger partial charge is 0.271 e. The summed E-state index contributed by atoms with van der Waals surface area (Å²) in [5, 5.41) is 20.0. The Labute approximate surface area is 134 Å². The average Bonchev–Trinajstić information content (AvgIpc) is 2.78. The Kier molecular flexibility index (Phi) is 4.80. The van der Waals surface area contributed by atoms with Crippen LogP contribution < -0.4 is 0 Å². The van der Waals surface area contributed by atoms with Gasteiger partial charge >= 0.3 is 0 Å². The fourth-order valence-corrected chi connectivity index (χ4v) is 2.93. The average molecular weight is 325 g/mol. The van der Waals surface area contributed by atoms with Crippen LogP contribution in [-0.2, 0) is 7.05 Å². The fraction of sp³-hybridized carbons (Fsp3) is 0.438. The van der Waals surface area contributed by atoms with Gasteiger partial charge in [0.2, 0.25) is 0 Å². The molecular formula is C16H21ClN2O3. The summed E-state index contributed by atoms with van der Waals surface area (Å²) in [6.07, 6.45) is 0. The van der Waals surface area contributed by atoms with Crippen molar-refractivity contribution in [3.63, 3.8) is 0 Å². The number of amides is 1. The minimum atomic E-state index is -0.749. The number of rotatable bonds is 5. The summed E-state index contributed by atoms with van der Waals surface area (Å²) in [6, 6.07) is 7.55. The number of nitrogens with zero attached hydrogens (tertiary/aromatic N) is 2. The van der Waals surface area contributed by atoms with Crippen LogP contribution in [0.5, 0.6) is 0 Å². The van der Waals surface area contributed by atoms with Gasteiger partial charge in [0.15, 0.2) is 0 Å². The molecule has 0 aliphatic carbocycles. The van der Waals surface area contributed by atoms with Crippen molar-refractivity contribution in [3.8, 4) is 0 Å². The zero-order valence-corrected chi connectivity index (χ0v) is 13.8. The van der Waals surface area contributed by atoms with E-state index in [9.17, 15) is 15.0 Å². The van der Waals surface area contributed by atoms with Gasteiger partial charge in [-0.3, -0.25) is 4.79 Å². The highest BCUT2D eigenvalue weighted by atomic mass is 35.5. The summed E-state index contributed by atoms with van der Waals surface area (Å²) in [4.78, 5) is 14.2. The molecule has 0 bridgehead atoms. The first-order valence-corrected chi connectivity index (χ1v) is 7.42. The highest BCUT2D eigenvalue weighted by Crippen LogP contribution is 2.31. The maximum absolute atomic E-state index is 12.7. The summed E-state index contributed by atoms with van der Waals surface area (Å²) in [5.41, 5.74) is 0.543. The van der Waals surface area contributed by atoms with Gasteiger partial charge in [0.25, 0.3) is 5.91 Å². The topological polar surface area (TPSA) is 65.7 Å². The van der Waals surface area contributed by atoms with Gasteiger partial charge in [0.05, 0.1) is 18.2 Å². The van der Waals surface area contributed by atoms with Crippen LogP contribution in [0.3, 0.4) is 0 Å². The van der Waals surface area contributed by atoms with Gasteiger partial charge in [-0.15, -0.1) is 0 Å². The molecule has 2 N–H and O–H groups in total. The Bertz CT molecular complexity index is 653. The lowest BCUT2D eigenvalue weighted by Crippen LogP contribution is -2.42. The largest absolute Gasteiger partial charge is 0.396 e. The van der Waals surface area contributed by atoms with Crippen molar-refractivity contribution in [2.45, 2.75) is 6.92 Å². The van der Waals surface area contributed by atoms with Crippen molar-refractivity contribution in [2.24, 2.45) is 12.5 Å². The molecule has 2 aromatic rings. The van der Waals surface area contributed by atoms with Crippen molar-refractivity contribution in [2.75, 3.05) is 26.8 Å². The first-order chi connectivity index (χ1) is 10.3. The molecule has 0 aliphatic heterocycles. The van der Waals surface area contributed by atoms with Crippen molar-refractivity contribution in [3.05, 3.63) is 35.0 Å². The van der Waals surface area contributed by atoms with E-state index in [1.165, 1.54) is 4.90 Å². The van der Waals surface area contributed by atoms with Crippen molar-refractivity contribution in [1.29, 1.82) is 0 Å². The zero-order valence-electron chi connectivity index (χ0n) is 13.0. The third-order valence-electron chi connectivity index (χ3n) is 3.98. The van der Waals surface area contributed by atoms with E-state index in [1.807, 2.05) is 24.3 Å². The van der Waals surface area contributed by atoms with E-state index < -0.39 is 5.41 Å². The summed E-state index contributed by atoms with van der Waals surface area (Å²) in [5.74, 6) is -0.239. The van der Waals surface area contributed by atoms with E-state index >= 15 is 0 Å². The number of aliphatic hydroxyl groups excluding tert-OH is 2. The van der Waals surface area contributed by atoms with Crippen molar-refractivity contribution < 1.29 is 15.0 Å². The molecule has 2 rings (SSSR count). The van der Waals surface area contributed by atoms with E-state index in [0.717, 1.165) is 10.9 Å². The second-order valence-corrected chi connectivity index (χ2v) is 6.40. The number of carbonyl (C=O) groups is 1. The molecule has 0 radical (unpaired) electrons. The molecule has 0 unspecified atom stereocenters. The number of halogens is 1. The predicted molar refractivity (Wildman–Crippen MR) is 87.2 cm³/mol. The second-order valence-electron chi connectivity index (χ2n) is 6.03. The maximum atomic E-state index is 12.7. The Morgan fingerprint density at radius 3 is 2.45 bits per heavy atom. The molecule has 1 aromatic heterocycles. The molecule has 1 amide bonds. The van der Waals surface area contributed by atoms with Gasteiger partial charge in [0.1, 0.15) is 5.69 Å². The molecule has 0 saturated carbocycles. The molecule has 0 atom stereocenters. The highest BCUT2D eigenvalue weighted by molar-refractivity contribution is 6.38. The van der Waals surface area contributed by atoms with E-state index in [1.54, 1.807) is 25.6 Å². The van der Waals surface area contributed by atoms with Crippen LogP contribution in [-0.4, -0.2) is 52.4 Å². The first-order valence-electron chi connectivity index (χ1n) is 7.05. The number of aromatic nitrogens is 1. The third kappa shape index (κ3) is 2.84. The molecule has 0 saturated heterocycles. The van der Waals surface area contributed by atoms with Crippen molar-refractivity contribution in [1.82, 2.24) is 9.47 Å². The lowest BCUT2D eigenvalue weighted by atomic mass is 9.92. The number of aliphatic hydroxyl groups is 2. The van der Waals surface area contributed by atoms with Gasteiger partial charge in [-0.05, 0) is 6.07 Å². The van der Waals surface area contributed by atoms with Crippen LogP contribution >= 0.6 is 11.6 Å². The van der Waals surface area contributed by atoms with Gasteiger partial charge in [-0.25, -0.2) is 0 Å². The summed E-state index contributed by atoms with van der Waals surface area (Å²) in [6.45, 7) is 1.55. The van der Waals surface area contributed by atoms with Crippen LogP contribution in [0.2, 0.25) is 5.02 Å². The molecule has 1 aromatic carbocycles. The zero-order chi connectivity index (χ0) is 16.5.